The summed E-state index contributed by atoms with van der Waals surface area (Å²) in [5.41, 5.74) is 10.9. The van der Waals surface area contributed by atoms with Crippen molar-refractivity contribution in [1.29, 1.82) is 0 Å². The van der Waals surface area contributed by atoms with Crippen molar-refractivity contribution in [1.82, 2.24) is 14.1 Å². The number of nitrogens with zero attached hydrogens (tertiary/aromatic N) is 5. The van der Waals surface area contributed by atoms with Crippen molar-refractivity contribution in [2.45, 2.75) is 33.0 Å². The Balaban J connectivity index is 1.01. The van der Waals surface area contributed by atoms with Gasteiger partial charge in [0, 0.05) is 11.3 Å². The van der Waals surface area contributed by atoms with Gasteiger partial charge in [-0.2, -0.15) is 12.1 Å². The summed E-state index contributed by atoms with van der Waals surface area (Å²) in [6.45, 7) is 3.43. The van der Waals surface area contributed by atoms with Gasteiger partial charge in [-0.15, -0.1) is 6.07 Å². The Kier molecular flexibility index (Phi) is 7.97. The van der Waals surface area contributed by atoms with Crippen molar-refractivity contribution in [2.24, 2.45) is 0 Å². The number of pyridine rings is 1. The predicted octanol–water partition coefficient (Wildman–Crippen LogP) is 13.9. The first-order valence-corrected chi connectivity index (χ1v) is 23.1. The van der Waals surface area contributed by atoms with Gasteiger partial charge in [-0.1, -0.05) is 42.5 Å². The maximum absolute atomic E-state index is 9.25. The number of para-hydroxylation sites is 4. The van der Waals surface area contributed by atoms with Crippen molar-refractivity contribution in [3.63, 3.8) is 0 Å². The summed E-state index contributed by atoms with van der Waals surface area (Å²) in [5.74, 6) is 1.42. The molecule has 0 radical (unpaired) electrons. The van der Waals surface area contributed by atoms with Gasteiger partial charge >= 0.3 is 332 Å². The fraction of sp³-hybridized carbons (Fsp3) is 0.0847. The van der Waals surface area contributed by atoms with Gasteiger partial charge in [0.25, 0.3) is 0 Å². The van der Waals surface area contributed by atoms with Crippen molar-refractivity contribution in [3.05, 3.63) is 221 Å². The molecule has 0 saturated heterocycles. The fourth-order valence-electron chi connectivity index (χ4n) is 9.55. The zero-order chi connectivity index (χ0) is 52.2. The van der Waals surface area contributed by atoms with E-state index in [4.69, 9.17) is 17.9 Å². The number of ether oxygens (including phenoxy) is 1. The van der Waals surface area contributed by atoms with Crippen LogP contribution in [0.2, 0.25) is 0 Å². The second kappa shape index (κ2) is 16.1. The van der Waals surface area contributed by atoms with Gasteiger partial charge in [-0.25, -0.2) is 0 Å². The molecule has 12 rings (SSSR count). The summed E-state index contributed by atoms with van der Waals surface area (Å²) in [4.78, 5) is 9.72. The normalized spacial score (nSPS) is 14.7. The van der Waals surface area contributed by atoms with Gasteiger partial charge in [-0.3, -0.25) is 0 Å². The molecule has 8 aromatic carbocycles. The molecule has 2 aliphatic heterocycles. The zero-order valence-electron chi connectivity index (χ0n) is 44.6. The topological polar surface area (TPSA) is 38.5 Å². The van der Waals surface area contributed by atoms with Crippen LogP contribution in [0, 0.1) is 22.8 Å². The number of hydrogen-bond donors (Lipinski definition) is 0. The van der Waals surface area contributed by atoms with Gasteiger partial charge in [-0.05, 0) is 11.6 Å². The average Bonchev–Trinajstić information content (AvgIpc) is 3.95. The molecule has 8 heteroatoms. The van der Waals surface area contributed by atoms with E-state index in [9.17, 15) is 2.74 Å². The average molecular weight is 1050 g/mol. The number of anilines is 4. The van der Waals surface area contributed by atoms with Crippen LogP contribution in [-0.4, -0.2) is 21.1 Å². The van der Waals surface area contributed by atoms with Gasteiger partial charge in [0.05, 0.1) is 0 Å². The van der Waals surface area contributed by atoms with Gasteiger partial charge in [0.15, 0.2) is 0 Å². The Bertz CT molecular complexity index is 4030. The number of fused-ring (bicyclic) bond motifs is 9. The van der Waals surface area contributed by atoms with Crippen LogP contribution in [0.3, 0.4) is 0 Å². The molecule has 0 amide bonds. The Hall–Kier alpha value is -7.47. The number of benzene rings is 8. The minimum atomic E-state index is -2.63. The van der Waals surface area contributed by atoms with Gasteiger partial charge < -0.3 is 0 Å². The van der Waals surface area contributed by atoms with E-state index in [2.05, 4.69) is 116 Å². The van der Waals surface area contributed by atoms with Crippen LogP contribution >= 0.6 is 0 Å². The summed E-state index contributed by atoms with van der Waals surface area (Å²) < 4.78 is 81.8. The van der Waals surface area contributed by atoms with Crippen LogP contribution in [0.1, 0.15) is 42.9 Å². The molecule has 67 heavy (non-hydrogen) atoms. The predicted molar refractivity (Wildman–Crippen MR) is 270 cm³/mol. The molecule has 0 atom stereocenters. The first-order valence-electron chi connectivity index (χ1n) is 26.0. The molecule has 10 aromatic rings. The first kappa shape index (κ1) is 33.1. The Morgan fingerprint density at radius 2 is 1.37 bits per heavy atom. The van der Waals surface area contributed by atoms with E-state index in [-0.39, 0.29) is 29.1 Å². The molecule has 4 heterocycles. The quantitative estimate of drug-likeness (QED) is 0.118. The molecule has 0 bridgehead atoms. The maximum atomic E-state index is 9.25. The van der Waals surface area contributed by atoms with Crippen LogP contribution < -0.4 is 19.8 Å². The summed E-state index contributed by atoms with van der Waals surface area (Å²) in [6.07, 6.45) is 0. The van der Waals surface area contributed by atoms with E-state index in [0.29, 0.717) is 49.3 Å². The molecule has 2 aliphatic rings. The molecule has 0 spiro atoms. The van der Waals surface area contributed by atoms with E-state index in [0.717, 1.165) is 44.7 Å². The van der Waals surface area contributed by atoms with E-state index >= 15 is 0 Å². The van der Waals surface area contributed by atoms with Crippen LogP contribution in [0.25, 0.3) is 55.8 Å². The summed E-state index contributed by atoms with van der Waals surface area (Å²) in [6, 6.07) is 57.6. The van der Waals surface area contributed by atoms with Crippen molar-refractivity contribution >= 4 is 46.4 Å². The number of imidazole rings is 1. The number of aromatic nitrogens is 3. The third-order valence-corrected chi connectivity index (χ3v) is 13.5. The van der Waals surface area contributed by atoms with Crippen LogP contribution in [0.5, 0.6) is 11.6 Å². The Labute approximate surface area is 413 Å². The summed E-state index contributed by atoms with van der Waals surface area (Å²) >= 11 is 2.24. The molecule has 2 aromatic heterocycles. The van der Waals surface area contributed by atoms with Gasteiger partial charge in [0.1, 0.15) is 0 Å². The Morgan fingerprint density at radius 1 is 0.657 bits per heavy atom. The molecule has 0 saturated carbocycles. The fourth-order valence-corrected chi connectivity index (χ4v) is 10.6. The minimum absolute atomic E-state index is 0.0436. The second-order valence-electron chi connectivity index (χ2n) is 17.6. The second-order valence-corrected chi connectivity index (χ2v) is 18.6. The van der Waals surface area contributed by atoms with Crippen LogP contribution in [0.15, 0.2) is 194 Å². The van der Waals surface area contributed by atoms with E-state index in [1.165, 1.54) is 6.07 Å². The van der Waals surface area contributed by atoms with Crippen molar-refractivity contribution in [3.8, 4) is 56.4 Å². The zero-order valence-corrected chi connectivity index (χ0v) is 38.9. The SMILES string of the molecule is [2H]c1c([2H])c([2H])c(-c2cc(C([2H])([2H])[2H])cc(-c3cccc(C(C)(C)C)c3)c2-n2[c](=[Pt])n(-c3[c-]c(Oc4cccc(N5B6c7ccccc7-c7ccccc7N6c6ccc[c-]c65)n4)ccc3)c3ccccc32)c([2H])c1[2H]. The molecule has 0 fully saturated rings. The molecule has 6 nitrogen and oxygen atoms in total. The molecule has 0 aliphatic carbocycles. The standard InChI is InChI=1S/C59H44BN5O.Pt/c1-40-35-48(41-19-6-5-7-20-41)58(49(36-40)42-21-16-22-43(37-42)59(2,3)4)63-39-62(52-29-12-13-30-53(52)63)44-23-17-24-45(38-44)66-57-34-18-33-56(61-57)65-55-32-15-14-31-54(55)64-51-28-11-9-26-47(51)46-25-8-10-27-50(46)60(64)65;/h5-31,33-37H,1-4H3;/q-2;/i1D3,5D,6D,7D,19D,20D;. The van der Waals surface area contributed by atoms with E-state index in [1.54, 1.807) is 6.07 Å². The number of hydrogen-bond acceptors (Lipinski definition) is 4. The van der Waals surface area contributed by atoms with E-state index in [1.807, 2.05) is 106 Å². The van der Waals surface area contributed by atoms with Crippen molar-refractivity contribution in [2.75, 3.05) is 9.62 Å². The van der Waals surface area contributed by atoms with Crippen LogP contribution in [0.4, 0.5) is 22.9 Å². The summed E-state index contributed by atoms with van der Waals surface area (Å²) in [7, 11) is 0. The number of aryl methyl sites for hydroxylation is 1. The third-order valence-electron chi connectivity index (χ3n) is 12.5. The monoisotopic (exact) mass is 1050 g/mol. The van der Waals surface area contributed by atoms with E-state index < -0.39 is 37.1 Å². The summed E-state index contributed by atoms with van der Waals surface area (Å²) in [5, 5.41) is 0. The molecule has 0 unspecified atom stereocenters. The number of rotatable bonds is 7. The van der Waals surface area contributed by atoms with Gasteiger partial charge in [0.2, 0.25) is 0 Å². The Morgan fingerprint density at radius 3 is 2.19 bits per heavy atom. The molecule has 0 N–H and O–H groups in total. The van der Waals surface area contributed by atoms with Crippen molar-refractivity contribution < 1.29 is 35.1 Å². The third kappa shape index (κ3) is 6.91. The molecule has 326 valence electrons. The molecular formula is C59H44BN5OPt-2. The first-order chi connectivity index (χ1) is 36.0. The molecular weight excluding hydrogens is 1000 g/mol. The van der Waals surface area contributed by atoms with Crippen LogP contribution in [-0.2, 0) is 24.8 Å².